The lowest BCUT2D eigenvalue weighted by atomic mass is 9.77. The Balaban J connectivity index is 1.43. The molecule has 0 amide bonds. The van der Waals surface area contributed by atoms with E-state index in [4.69, 9.17) is 5.73 Å². The summed E-state index contributed by atoms with van der Waals surface area (Å²) in [4.78, 5) is 6.95. The van der Waals surface area contributed by atoms with Crippen molar-refractivity contribution < 1.29 is 0 Å². The lowest BCUT2D eigenvalue weighted by molar-refractivity contribution is 0.104. The van der Waals surface area contributed by atoms with Crippen LogP contribution >= 0.6 is 11.3 Å². The number of nitrogen functional groups attached to an aromatic ring is 1. The van der Waals surface area contributed by atoms with E-state index in [9.17, 15) is 0 Å². The van der Waals surface area contributed by atoms with Crippen molar-refractivity contribution in [3.63, 3.8) is 0 Å². The largest absolute Gasteiger partial charge is 0.375 e. The van der Waals surface area contributed by atoms with E-state index in [0.717, 1.165) is 12.1 Å². The van der Waals surface area contributed by atoms with Gasteiger partial charge in [0.1, 0.15) is 0 Å². The van der Waals surface area contributed by atoms with Gasteiger partial charge >= 0.3 is 0 Å². The number of likely N-dealkylation sites (tertiary alicyclic amines) is 1. The molecule has 2 aromatic rings. The van der Waals surface area contributed by atoms with Crippen LogP contribution in [0.25, 0.3) is 10.2 Å². The van der Waals surface area contributed by atoms with Gasteiger partial charge in [0, 0.05) is 6.54 Å². The minimum atomic E-state index is 0.670. The molecule has 3 nitrogen and oxygen atoms in total. The summed E-state index contributed by atoms with van der Waals surface area (Å²) in [6.45, 7) is 3.61. The maximum Gasteiger partial charge on any atom is 0.181 e. The Bertz CT molecular complexity index is 633. The van der Waals surface area contributed by atoms with Crippen molar-refractivity contribution in [3.8, 4) is 0 Å². The number of aromatic nitrogens is 1. The fourth-order valence-electron chi connectivity index (χ4n) is 4.15. The Kier molecular flexibility index (Phi) is 3.38. The number of nitrogens with zero attached hydrogens (tertiary/aromatic N) is 2. The van der Waals surface area contributed by atoms with Crippen LogP contribution in [-0.4, -0.2) is 23.0 Å². The van der Waals surface area contributed by atoms with E-state index >= 15 is 0 Å². The molecule has 2 N–H and O–H groups in total. The monoisotopic (exact) mass is 301 g/mol. The zero-order chi connectivity index (χ0) is 14.3. The van der Waals surface area contributed by atoms with E-state index in [2.05, 4.69) is 28.1 Å². The predicted octanol–water partition coefficient (Wildman–Crippen LogP) is 4.03. The molecule has 112 valence electrons. The van der Waals surface area contributed by atoms with Crippen LogP contribution in [0.15, 0.2) is 18.2 Å². The van der Waals surface area contributed by atoms with Crippen molar-refractivity contribution in [2.24, 2.45) is 5.41 Å². The second-order valence-corrected chi connectivity index (χ2v) is 7.90. The van der Waals surface area contributed by atoms with Crippen molar-refractivity contribution in [1.82, 2.24) is 9.88 Å². The van der Waals surface area contributed by atoms with Gasteiger partial charge in [-0.1, -0.05) is 30.2 Å². The number of piperidine rings is 1. The molecule has 2 aliphatic rings. The molecule has 1 aromatic heterocycles. The molecule has 1 aromatic carbocycles. The molecule has 0 bridgehead atoms. The third kappa shape index (κ3) is 2.67. The first-order valence-electron chi connectivity index (χ1n) is 8.10. The van der Waals surface area contributed by atoms with E-state index in [1.807, 2.05) is 0 Å². The smallest absolute Gasteiger partial charge is 0.181 e. The average molecular weight is 301 g/mol. The standard InChI is InChI=1S/C17H23N3S/c18-16-19-14-4-3-13(11-15(14)21-16)12-20-9-7-17(8-10-20)5-1-2-6-17/h3-4,11H,1-2,5-10,12H2,(H2,18,19). The van der Waals surface area contributed by atoms with Gasteiger partial charge in [-0.15, -0.1) is 0 Å². The number of benzene rings is 1. The van der Waals surface area contributed by atoms with Crippen LogP contribution < -0.4 is 5.73 Å². The lowest BCUT2D eigenvalue weighted by Gasteiger charge is -2.39. The number of thiazole rings is 1. The number of anilines is 1. The number of rotatable bonds is 2. The van der Waals surface area contributed by atoms with Gasteiger partial charge in [0.25, 0.3) is 0 Å². The second kappa shape index (κ2) is 5.25. The van der Waals surface area contributed by atoms with Crippen LogP contribution in [0.5, 0.6) is 0 Å². The molecule has 4 heteroatoms. The number of hydrogen-bond donors (Lipinski definition) is 1. The first-order valence-corrected chi connectivity index (χ1v) is 8.92. The predicted molar refractivity (Wildman–Crippen MR) is 89.4 cm³/mol. The zero-order valence-corrected chi connectivity index (χ0v) is 13.3. The molecule has 0 atom stereocenters. The van der Waals surface area contributed by atoms with Crippen molar-refractivity contribution in [2.45, 2.75) is 45.1 Å². The van der Waals surface area contributed by atoms with Gasteiger partial charge in [-0.25, -0.2) is 4.98 Å². The Morgan fingerprint density at radius 1 is 1.14 bits per heavy atom. The molecule has 1 spiro atoms. The fourth-order valence-corrected chi connectivity index (χ4v) is 4.95. The third-order valence-corrected chi connectivity index (χ3v) is 6.30. The fraction of sp³-hybridized carbons (Fsp3) is 0.588. The number of fused-ring (bicyclic) bond motifs is 1. The molecular weight excluding hydrogens is 278 g/mol. The Morgan fingerprint density at radius 3 is 2.67 bits per heavy atom. The summed E-state index contributed by atoms with van der Waals surface area (Å²) in [6, 6.07) is 6.59. The summed E-state index contributed by atoms with van der Waals surface area (Å²) in [5.41, 5.74) is 8.93. The minimum absolute atomic E-state index is 0.670. The van der Waals surface area contributed by atoms with Gasteiger partial charge < -0.3 is 5.73 Å². The molecular formula is C17H23N3S. The second-order valence-electron chi connectivity index (χ2n) is 6.84. The van der Waals surface area contributed by atoms with E-state index in [-0.39, 0.29) is 0 Å². The van der Waals surface area contributed by atoms with Gasteiger partial charge in [-0.2, -0.15) is 0 Å². The van der Waals surface area contributed by atoms with E-state index < -0.39 is 0 Å². The Morgan fingerprint density at radius 2 is 1.90 bits per heavy atom. The third-order valence-electron chi connectivity index (χ3n) is 5.46. The van der Waals surface area contributed by atoms with Crippen LogP contribution in [0.3, 0.4) is 0 Å². The molecule has 21 heavy (non-hydrogen) atoms. The Labute approximate surface area is 130 Å². The topological polar surface area (TPSA) is 42.1 Å². The van der Waals surface area contributed by atoms with Crippen LogP contribution in [0.4, 0.5) is 5.13 Å². The summed E-state index contributed by atoms with van der Waals surface area (Å²) in [6.07, 6.45) is 8.69. The zero-order valence-electron chi connectivity index (χ0n) is 12.5. The first-order chi connectivity index (χ1) is 10.2. The molecule has 0 unspecified atom stereocenters. The van der Waals surface area contributed by atoms with E-state index in [1.165, 1.54) is 61.9 Å². The van der Waals surface area contributed by atoms with Crippen LogP contribution in [-0.2, 0) is 6.54 Å². The minimum Gasteiger partial charge on any atom is -0.375 e. The maximum absolute atomic E-state index is 5.79. The van der Waals surface area contributed by atoms with Crippen molar-refractivity contribution in [1.29, 1.82) is 0 Å². The van der Waals surface area contributed by atoms with E-state index in [1.54, 1.807) is 11.3 Å². The van der Waals surface area contributed by atoms with Crippen LogP contribution in [0, 0.1) is 5.41 Å². The highest BCUT2D eigenvalue weighted by Gasteiger charge is 2.36. The quantitative estimate of drug-likeness (QED) is 0.910. The number of nitrogens with two attached hydrogens (primary N) is 1. The summed E-state index contributed by atoms with van der Waals surface area (Å²) >= 11 is 1.59. The molecule has 1 aliphatic heterocycles. The lowest BCUT2D eigenvalue weighted by Crippen LogP contribution is -2.38. The highest BCUT2D eigenvalue weighted by Crippen LogP contribution is 2.46. The van der Waals surface area contributed by atoms with Crippen molar-refractivity contribution >= 4 is 26.7 Å². The SMILES string of the molecule is Nc1nc2ccc(CN3CCC4(CCCC4)CC3)cc2s1. The number of hydrogen-bond acceptors (Lipinski definition) is 4. The normalized spacial score (nSPS) is 22.3. The van der Waals surface area contributed by atoms with Gasteiger partial charge in [0.15, 0.2) is 5.13 Å². The van der Waals surface area contributed by atoms with E-state index in [0.29, 0.717) is 10.5 Å². The summed E-state index contributed by atoms with van der Waals surface area (Å²) in [7, 11) is 0. The highest BCUT2D eigenvalue weighted by atomic mass is 32.1. The molecule has 1 saturated heterocycles. The molecule has 1 saturated carbocycles. The van der Waals surface area contributed by atoms with Crippen molar-refractivity contribution in [2.75, 3.05) is 18.8 Å². The maximum atomic E-state index is 5.79. The molecule has 0 radical (unpaired) electrons. The average Bonchev–Trinajstić information content (AvgIpc) is 3.07. The highest BCUT2D eigenvalue weighted by molar-refractivity contribution is 7.22. The summed E-state index contributed by atoms with van der Waals surface area (Å²) < 4.78 is 1.22. The molecule has 2 heterocycles. The Hall–Kier alpha value is -1.13. The van der Waals surface area contributed by atoms with Crippen molar-refractivity contribution in [3.05, 3.63) is 23.8 Å². The summed E-state index contributed by atoms with van der Waals surface area (Å²) in [5.74, 6) is 0. The molecule has 4 rings (SSSR count). The molecule has 1 aliphatic carbocycles. The van der Waals surface area contributed by atoms with Gasteiger partial charge in [0.2, 0.25) is 0 Å². The molecule has 2 fully saturated rings. The van der Waals surface area contributed by atoms with Crippen LogP contribution in [0.2, 0.25) is 0 Å². The summed E-state index contributed by atoms with van der Waals surface area (Å²) in [5, 5.41) is 0.670. The van der Waals surface area contributed by atoms with Crippen LogP contribution in [0.1, 0.15) is 44.1 Å². The van der Waals surface area contributed by atoms with Gasteiger partial charge in [-0.3, -0.25) is 4.90 Å². The van der Waals surface area contributed by atoms with Gasteiger partial charge in [-0.05, 0) is 61.9 Å². The van der Waals surface area contributed by atoms with Gasteiger partial charge in [0.05, 0.1) is 10.2 Å². The first kappa shape index (κ1) is 13.5.